The van der Waals surface area contributed by atoms with Gasteiger partial charge in [0.05, 0.1) is 5.52 Å². The first kappa shape index (κ1) is 14.6. The number of aromatic nitrogens is 1. The van der Waals surface area contributed by atoms with Crippen LogP contribution in [0.15, 0.2) is 39.6 Å². The highest BCUT2D eigenvalue weighted by Gasteiger charge is 2.19. The normalized spacial score (nSPS) is 15.2. The van der Waals surface area contributed by atoms with E-state index in [1.807, 2.05) is 6.92 Å². The number of piperazine rings is 1. The van der Waals surface area contributed by atoms with Crippen LogP contribution < -0.4 is 11.1 Å². The van der Waals surface area contributed by atoms with Crippen molar-refractivity contribution < 1.29 is 9.21 Å². The summed E-state index contributed by atoms with van der Waals surface area (Å²) in [6.07, 6.45) is 0. The topological polar surface area (TPSA) is 67.5 Å². The van der Waals surface area contributed by atoms with Crippen molar-refractivity contribution in [3.05, 3.63) is 46.5 Å². The van der Waals surface area contributed by atoms with Gasteiger partial charge in [-0.2, -0.15) is 0 Å². The van der Waals surface area contributed by atoms with Gasteiger partial charge in [0.2, 0.25) is 0 Å². The van der Waals surface area contributed by atoms with Crippen molar-refractivity contribution in [2.75, 3.05) is 26.2 Å². The molecule has 1 amide bonds. The Hall–Kier alpha value is -2.34. The summed E-state index contributed by atoms with van der Waals surface area (Å²) in [7, 11) is 0. The molecular formula is C16H19N3O3. The highest BCUT2D eigenvalue weighted by Crippen LogP contribution is 2.17. The molecule has 0 aliphatic carbocycles. The number of allylic oxidation sites excluding steroid dienone is 1. The lowest BCUT2D eigenvalue weighted by Crippen LogP contribution is -2.46. The SMILES string of the molecule is C=C(C)Cn1c(=O)oc2cc(C(=O)N3CCNCC3)ccc21. The minimum atomic E-state index is -0.426. The van der Waals surface area contributed by atoms with Crippen molar-refractivity contribution in [2.24, 2.45) is 0 Å². The molecular weight excluding hydrogens is 282 g/mol. The van der Waals surface area contributed by atoms with E-state index in [1.54, 1.807) is 23.1 Å². The van der Waals surface area contributed by atoms with E-state index < -0.39 is 5.76 Å². The molecule has 2 aromatic rings. The van der Waals surface area contributed by atoms with Gasteiger partial charge in [-0.3, -0.25) is 9.36 Å². The van der Waals surface area contributed by atoms with Crippen LogP contribution in [0.5, 0.6) is 0 Å². The second kappa shape index (κ2) is 5.81. The molecule has 116 valence electrons. The molecule has 1 N–H and O–H groups in total. The van der Waals surface area contributed by atoms with Crippen LogP contribution in [0, 0.1) is 0 Å². The van der Waals surface area contributed by atoms with Crippen molar-refractivity contribution >= 4 is 17.0 Å². The number of oxazole rings is 1. The summed E-state index contributed by atoms with van der Waals surface area (Å²) in [5.74, 6) is -0.455. The van der Waals surface area contributed by atoms with Crippen molar-refractivity contribution in [2.45, 2.75) is 13.5 Å². The molecule has 0 radical (unpaired) electrons. The number of nitrogens with zero attached hydrogens (tertiary/aromatic N) is 2. The average molecular weight is 301 g/mol. The van der Waals surface area contributed by atoms with Crippen molar-refractivity contribution in [3.63, 3.8) is 0 Å². The smallest absolute Gasteiger partial charge is 0.408 e. The largest absolute Gasteiger partial charge is 0.420 e. The molecule has 2 heterocycles. The quantitative estimate of drug-likeness (QED) is 0.866. The molecule has 3 rings (SSSR count). The van der Waals surface area contributed by atoms with E-state index in [-0.39, 0.29) is 5.91 Å². The standard InChI is InChI=1S/C16H19N3O3/c1-11(2)10-19-13-4-3-12(9-14(13)22-16(19)21)15(20)18-7-5-17-6-8-18/h3-4,9,17H,1,5-8,10H2,2H3. The maximum absolute atomic E-state index is 12.5. The summed E-state index contributed by atoms with van der Waals surface area (Å²) in [4.78, 5) is 26.2. The molecule has 1 aliphatic heterocycles. The van der Waals surface area contributed by atoms with Gasteiger partial charge in [0.1, 0.15) is 0 Å². The maximum Gasteiger partial charge on any atom is 0.420 e. The number of carbonyl (C=O) groups is 1. The summed E-state index contributed by atoms with van der Waals surface area (Å²) in [5, 5.41) is 3.21. The second-order valence-corrected chi connectivity index (χ2v) is 5.64. The van der Waals surface area contributed by atoms with Crippen LogP contribution in [0.3, 0.4) is 0 Å². The predicted molar refractivity (Wildman–Crippen MR) is 84.1 cm³/mol. The van der Waals surface area contributed by atoms with Gasteiger partial charge in [-0.25, -0.2) is 4.79 Å². The molecule has 1 fully saturated rings. The Labute approximate surface area is 128 Å². The Bertz CT molecular complexity index is 782. The average Bonchev–Trinajstić information content (AvgIpc) is 2.82. The molecule has 0 bridgehead atoms. The zero-order valence-electron chi connectivity index (χ0n) is 12.6. The van der Waals surface area contributed by atoms with Gasteiger partial charge in [-0.1, -0.05) is 12.2 Å². The molecule has 1 aliphatic rings. The third-order valence-electron chi connectivity index (χ3n) is 3.75. The van der Waals surface area contributed by atoms with Crippen LogP contribution in [0.2, 0.25) is 0 Å². The minimum Gasteiger partial charge on any atom is -0.408 e. The zero-order chi connectivity index (χ0) is 15.7. The maximum atomic E-state index is 12.5. The van der Waals surface area contributed by atoms with Crippen molar-refractivity contribution in [1.29, 1.82) is 0 Å². The summed E-state index contributed by atoms with van der Waals surface area (Å²) in [6.45, 7) is 9.08. The molecule has 0 unspecified atom stereocenters. The number of carbonyl (C=O) groups excluding carboxylic acids is 1. The van der Waals surface area contributed by atoms with E-state index >= 15 is 0 Å². The molecule has 0 atom stereocenters. The Morgan fingerprint density at radius 1 is 1.36 bits per heavy atom. The van der Waals surface area contributed by atoms with E-state index in [0.717, 1.165) is 18.7 Å². The summed E-state index contributed by atoms with van der Waals surface area (Å²) in [6, 6.07) is 5.16. The molecule has 22 heavy (non-hydrogen) atoms. The Morgan fingerprint density at radius 3 is 2.77 bits per heavy atom. The second-order valence-electron chi connectivity index (χ2n) is 5.64. The molecule has 6 heteroatoms. The number of amides is 1. The first-order chi connectivity index (χ1) is 10.6. The van der Waals surface area contributed by atoms with Gasteiger partial charge in [0, 0.05) is 38.3 Å². The fraction of sp³-hybridized carbons (Fsp3) is 0.375. The van der Waals surface area contributed by atoms with Gasteiger partial charge < -0.3 is 14.6 Å². The van der Waals surface area contributed by atoms with Crippen molar-refractivity contribution in [1.82, 2.24) is 14.8 Å². The number of hydrogen-bond acceptors (Lipinski definition) is 4. The van der Waals surface area contributed by atoms with Crippen LogP contribution in [-0.2, 0) is 6.54 Å². The highest BCUT2D eigenvalue weighted by atomic mass is 16.4. The van der Waals surface area contributed by atoms with E-state index in [2.05, 4.69) is 11.9 Å². The van der Waals surface area contributed by atoms with Gasteiger partial charge in [0.25, 0.3) is 5.91 Å². The number of hydrogen-bond donors (Lipinski definition) is 1. The summed E-state index contributed by atoms with van der Waals surface area (Å²) >= 11 is 0. The third kappa shape index (κ3) is 2.69. The van der Waals surface area contributed by atoms with E-state index in [0.29, 0.717) is 36.3 Å². The lowest BCUT2D eigenvalue weighted by Gasteiger charge is -2.27. The number of rotatable bonds is 3. The minimum absolute atomic E-state index is 0.0290. The number of fused-ring (bicyclic) bond motifs is 1. The first-order valence-electron chi connectivity index (χ1n) is 7.34. The van der Waals surface area contributed by atoms with Gasteiger partial charge in [-0.05, 0) is 25.1 Å². The Kier molecular flexibility index (Phi) is 3.85. The van der Waals surface area contributed by atoms with Crippen LogP contribution in [-0.4, -0.2) is 41.6 Å². The van der Waals surface area contributed by atoms with E-state index in [1.165, 1.54) is 4.57 Å². The summed E-state index contributed by atoms with van der Waals surface area (Å²) in [5.41, 5.74) is 2.54. The Balaban J connectivity index is 1.95. The fourth-order valence-corrected chi connectivity index (χ4v) is 2.67. The molecule has 0 saturated carbocycles. The lowest BCUT2D eigenvalue weighted by molar-refractivity contribution is 0.0736. The molecule has 0 spiro atoms. The van der Waals surface area contributed by atoms with E-state index in [9.17, 15) is 9.59 Å². The molecule has 1 saturated heterocycles. The van der Waals surface area contributed by atoms with Crippen LogP contribution >= 0.6 is 0 Å². The first-order valence-corrected chi connectivity index (χ1v) is 7.34. The number of nitrogens with one attached hydrogen (secondary N) is 1. The van der Waals surface area contributed by atoms with Crippen LogP contribution in [0.4, 0.5) is 0 Å². The van der Waals surface area contributed by atoms with Gasteiger partial charge in [0.15, 0.2) is 5.58 Å². The van der Waals surface area contributed by atoms with Crippen LogP contribution in [0.1, 0.15) is 17.3 Å². The Morgan fingerprint density at radius 2 is 2.09 bits per heavy atom. The van der Waals surface area contributed by atoms with Gasteiger partial charge in [-0.15, -0.1) is 0 Å². The number of benzene rings is 1. The fourth-order valence-electron chi connectivity index (χ4n) is 2.67. The van der Waals surface area contributed by atoms with Crippen molar-refractivity contribution in [3.8, 4) is 0 Å². The molecule has 1 aromatic heterocycles. The van der Waals surface area contributed by atoms with E-state index in [4.69, 9.17) is 4.42 Å². The lowest BCUT2D eigenvalue weighted by atomic mass is 10.1. The zero-order valence-corrected chi connectivity index (χ0v) is 12.6. The molecule has 6 nitrogen and oxygen atoms in total. The third-order valence-corrected chi connectivity index (χ3v) is 3.75. The molecule has 1 aromatic carbocycles. The highest BCUT2D eigenvalue weighted by molar-refractivity contribution is 5.97. The van der Waals surface area contributed by atoms with Crippen LogP contribution in [0.25, 0.3) is 11.1 Å². The predicted octanol–water partition coefficient (Wildman–Crippen LogP) is 1.22. The summed E-state index contributed by atoms with van der Waals surface area (Å²) < 4.78 is 6.79. The monoisotopic (exact) mass is 301 g/mol. The van der Waals surface area contributed by atoms with Gasteiger partial charge >= 0.3 is 5.76 Å².